The van der Waals surface area contributed by atoms with Crippen LogP contribution in [0.25, 0.3) is 0 Å². The zero-order valence-corrected chi connectivity index (χ0v) is 12.7. The Kier molecular flexibility index (Phi) is 6.68. The molecular formula is C16H26N2O2. The first-order valence-electron chi connectivity index (χ1n) is 7.15. The molecular weight excluding hydrogens is 252 g/mol. The molecule has 4 nitrogen and oxygen atoms in total. The second-order valence-corrected chi connectivity index (χ2v) is 5.71. The number of nitrogens with one attached hydrogen (secondary N) is 1. The minimum Gasteiger partial charge on any atom is -0.395 e. The summed E-state index contributed by atoms with van der Waals surface area (Å²) in [7, 11) is 0. The molecule has 4 heteroatoms. The van der Waals surface area contributed by atoms with Crippen molar-refractivity contribution in [3.8, 4) is 0 Å². The number of carbonyl (C=O) groups excluding carboxylic acids is 1. The number of carbonyl (C=O) groups is 1. The number of aliphatic hydroxyl groups is 1. The van der Waals surface area contributed by atoms with Crippen LogP contribution in [0.4, 0.5) is 0 Å². The molecule has 1 aromatic rings. The highest BCUT2D eigenvalue weighted by atomic mass is 16.3. The van der Waals surface area contributed by atoms with Crippen LogP contribution in [0.3, 0.4) is 0 Å². The van der Waals surface area contributed by atoms with Gasteiger partial charge in [-0.2, -0.15) is 0 Å². The summed E-state index contributed by atoms with van der Waals surface area (Å²) in [6.07, 6.45) is 0.886. The Morgan fingerprint density at radius 1 is 1.30 bits per heavy atom. The number of nitrogens with zero attached hydrogens (tertiary/aromatic N) is 1. The molecule has 0 atom stereocenters. The summed E-state index contributed by atoms with van der Waals surface area (Å²) in [5, 5.41) is 12.2. The van der Waals surface area contributed by atoms with Crippen molar-refractivity contribution in [3.63, 3.8) is 0 Å². The highest BCUT2D eigenvalue weighted by Crippen LogP contribution is 2.08. The number of hydrogen-bond donors (Lipinski definition) is 2. The quantitative estimate of drug-likeness (QED) is 0.762. The Hall–Kier alpha value is -1.39. The summed E-state index contributed by atoms with van der Waals surface area (Å²) in [6.45, 7) is 7.60. The summed E-state index contributed by atoms with van der Waals surface area (Å²) in [6, 6.07) is 9.98. The Morgan fingerprint density at radius 3 is 2.50 bits per heavy atom. The lowest BCUT2D eigenvalue weighted by atomic mass is 10.0. The lowest BCUT2D eigenvalue weighted by Crippen LogP contribution is -2.47. The van der Waals surface area contributed by atoms with E-state index in [0.29, 0.717) is 19.6 Å². The van der Waals surface area contributed by atoms with Crippen molar-refractivity contribution >= 4 is 5.91 Å². The van der Waals surface area contributed by atoms with Gasteiger partial charge in [-0.3, -0.25) is 9.69 Å². The van der Waals surface area contributed by atoms with E-state index in [2.05, 4.69) is 12.2 Å². The molecule has 1 aromatic carbocycles. The van der Waals surface area contributed by atoms with Gasteiger partial charge in [0.15, 0.2) is 0 Å². The maximum Gasteiger partial charge on any atom is 0.234 e. The minimum absolute atomic E-state index is 0.00114. The summed E-state index contributed by atoms with van der Waals surface area (Å²) in [5.74, 6) is 0.00114. The van der Waals surface area contributed by atoms with Crippen LogP contribution in [0.5, 0.6) is 0 Å². The van der Waals surface area contributed by atoms with E-state index in [9.17, 15) is 4.79 Å². The van der Waals surface area contributed by atoms with Gasteiger partial charge in [-0.05, 0) is 25.8 Å². The van der Waals surface area contributed by atoms with Gasteiger partial charge < -0.3 is 10.4 Å². The predicted molar refractivity (Wildman–Crippen MR) is 81.3 cm³/mol. The van der Waals surface area contributed by atoms with E-state index in [1.807, 2.05) is 49.1 Å². The van der Waals surface area contributed by atoms with Crippen LogP contribution >= 0.6 is 0 Å². The molecule has 0 aliphatic carbocycles. The molecule has 0 saturated carbocycles. The zero-order valence-electron chi connectivity index (χ0n) is 12.7. The summed E-state index contributed by atoms with van der Waals surface area (Å²) < 4.78 is 0. The predicted octanol–water partition coefficient (Wildman–Crippen LogP) is 1.79. The van der Waals surface area contributed by atoms with Crippen molar-refractivity contribution < 1.29 is 9.90 Å². The maximum atomic E-state index is 12.1. The summed E-state index contributed by atoms with van der Waals surface area (Å²) in [4.78, 5) is 14.0. The van der Waals surface area contributed by atoms with Crippen molar-refractivity contribution in [2.75, 3.05) is 19.7 Å². The van der Waals surface area contributed by atoms with Crippen molar-refractivity contribution in [2.24, 2.45) is 0 Å². The Balaban J connectivity index is 2.56. The van der Waals surface area contributed by atoms with Crippen LogP contribution in [0.1, 0.15) is 32.8 Å². The van der Waals surface area contributed by atoms with E-state index in [1.54, 1.807) is 0 Å². The lowest BCUT2D eigenvalue weighted by molar-refractivity contribution is -0.124. The monoisotopic (exact) mass is 278 g/mol. The third-order valence-electron chi connectivity index (χ3n) is 3.39. The molecule has 112 valence electrons. The normalized spacial score (nSPS) is 11.7. The summed E-state index contributed by atoms with van der Waals surface area (Å²) >= 11 is 0. The van der Waals surface area contributed by atoms with Crippen LogP contribution in [-0.4, -0.2) is 41.1 Å². The molecule has 0 heterocycles. The molecule has 0 aromatic heterocycles. The van der Waals surface area contributed by atoms with Crippen molar-refractivity contribution in [3.05, 3.63) is 35.9 Å². The van der Waals surface area contributed by atoms with E-state index in [0.717, 1.165) is 12.0 Å². The molecule has 2 N–H and O–H groups in total. The van der Waals surface area contributed by atoms with Crippen molar-refractivity contribution in [1.29, 1.82) is 0 Å². The van der Waals surface area contributed by atoms with E-state index >= 15 is 0 Å². The fourth-order valence-corrected chi connectivity index (χ4v) is 1.91. The van der Waals surface area contributed by atoms with Gasteiger partial charge >= 0.3 is 0 Å². The van der Waals surface area contributed by atoms with Gasteiger partial charge in [0.1, 0.15) is 0 Å². The molecule has 0 unspecified atom stereocenters. The largest absolute Gasteiger partial charge is 0.395 e. The van der Waals surface area contributed by atoms with Crippen LogP contribution in [0.2, 0.25) is 0 Å². The number of hydrogen-bond acceptors (Lipinski definition) is 3. The van der Waals surface area contributed by atoms with Crippen LogP contribution in [0, 0.1) is 0 Å². The Morgan fingerprint density at radius 2 is 1.95 bits per heavy atom. The van der Waals surface area contributed by atoms with E-state index in [4.69, 9.17) is 5.11 Å². The molecule has 0 saturated heterocycles. The first-order valence-corrected chi connectivity index (χ1v) is 7.15. The van der Waals surface area contributed by atoms with Gasteiger partial charge in [0.05, 0.1) is 13.2 Å². The van der Waals surface area contributed by atoms with Crippen molar-refractivity contribution in [1.82, 2.24) is 10.2 Å². The van der Waals surface area contributed by atoms with Gasteiger partial charge in [-0.1, -0.05) is 37.3 Å². The molecule has 0 aliphatic rings. The number of aliphatic hydroxyl groups excluding tert-OH is 1. The molecule has 1 rings (SSSR count). The fraction of sp³-hybridized carbons (Fsp3) is 0.562. The van der Waals surface area contributed by atoms with E-state index < -0.39 is 0 Å². The average molecular weight is 278 g/mol. The van der Waals surface area contributed by atoms with Crippen LogP contribution in [-0.2, 0) is 11.3 Å². The van der Waals surface area contributed by atoms with Gasteiger partial charge in [0.2, 0.25) is 5.91 Å². The molecule has 0 radical (unpaired) electrons. The third-order valence-corrected chi connectivity index (χ3v) is 3.39. The maximum absolute atomic E-state index is 12.1. The number of amides is 1. The first kappa shape index (κ1) is 16.7. The zero-order chi connectivity index (χ0) is 15.0. The van der Waals surface area contributed by atoms with E-state index in [1.165, 1.54) is 0 Å². The van der Waals surface area contributed by atoms with Gasteiger partial charge in [0, 0.05) is 18.6 Å². The molecule has 0 aliphatic heterocycles. The molecule has 0 bridgehead atoms. The highest BCUT2D eigenvalue weighted by Gasteiger charge is 2.19. The highest BCUT2D eigenvalue weighted by molar-refractivity contribution is 5.78. The van der Waals surface area contributed by atoms with Crippen LogP contribution < -0.4 is 5.32 Å². The van der Waals surface area contributed by atoms with Crippen molar-refractivity contribution in [2.45, 2.75) is 39.3 Å². The molecule has 20 heavy (non-hydrogen) atoms. The molecule has 1 amide bonds. The Bertz CT molecular complexity index is 404. The van der Waals surface area contributed by atoms with E-state index in [-0.39, 0.29) is 18.1 Å². The first-order chi connectivity index (χ1) is 9.46. The number of benzene rings is 1. The van der Waals surface area contributed by atoms with Gasteiger partial charge in [-0.25, -0.2) is 0 Å². The minimum atomic E-state index is -0.186. The molecule has 0 fully saturated rings. The second-order valence-electron chi connectivity index (χ2n) is 5.71. The summed E-state index contributed by atoms with van der Waals surface area (Å²) in [5.41, 5.74) is 0.956. The van der Waals surface area contributed by atoms with Crippen LogP contribution in [0.15, 0.2) is 30.3 Å². The Labute approximate surface area is 121 Å². The SMILES string of the molecule is CCC(C)(C)NC(=O)CN(CCO)Cc1ccccc1. The van der Waals surface area contributed by atoms with Gasteiger partial charge in [-0.15, -0.1) is 0 Å². The average Bonchev–Trinajstić information content (AvgIpc) is 2.39. The molecule has 0 spiro atoms. The smallest absolute Gasteiger partial charge is 0.234 e. The fourth-order valence-electron chi connectivity index (χ4n) is 1.91. The number of rotatable bonds is 8. The lowest BCUT2D eigenvalue weighted by Gasteiger charge is -2.27. The standard InChI is InChI=1S/C16H26N2O2/c1-4-16(2,3)17-15(20)13-18(10-11-19)12-14-8-6-5-7-9-14/h5-9,19H,4,10-13H2,1-3H3,(H,17,20). The topological polar surface area (TPSA) is 52.6 Å². The van der Waals surface area contributed by atoms with Gasteiger partial charge in [0.25, 0.3) is 0 Å². The third kappa shape index (κ3) is 6.17. The second kappa shape index (κ2) is 8.02.